The van der Waals surface area contributed by atoms with Gasteiger partial charge in [0.25, 0.3) is 0 Å². The van der Waals surface area contributed by atoms with Gasteiger partial charge in [-0.25, -0.2) is 0 Å². The molecule has 0 atom stereocenters. The van der Waals surface area contributed by atoms with E-state index in [1.807, 2.05) is 24.3 Å². The molecule has 0 aliphatic rings. The number of benzene rings is 1. The molecule has 0 bridgehead atoms. The van der Waals surface area contributed by atoms with Crippen molar-refractivity contribution in [2.45, 2.75) is 6.42 Å². The zero-order valence-electron chi connectivity index (χ0n) is 9.16. The van der Waals surface area contributed by atoms with Crippen LogP contribution < -0.4 is 9.47 Å². The van der Waals surface area contributed by atoms with E-state index in [-0.39, 0.29) is 6.79 Å². The second-order valence-electron chi connectivity index (χ2n) is 3.03. The number of hydrogen-bond donors (Lipinski definition) is 0. The first kappa shape index (κ1) is 11.6. The lowest BCUT2D eigenvalue weighted by atomic mass is 10.1. The van der Waals surface area contributed by atoms with Crippen molar-refractivity contribution in [2.75, 3.05) is 21.0 Å². The van der Waals surface area contributed by atoms with E-state index in [1.165, 1.54) is 0 Å². The van der Waals surface area contributed by atoms with Crippen LogP contribution in [0.2, 0.25) is 0 Å². The molecule has 0 saturated heterocycles. The Balaban J connectivity index is 2.82. The molecule has 0 radical (unpaired) electrons. The summed E-state index contributed by atoms with van der Waals surface area (Å²) in [6.45, 7) is 3.91. The van der Waals surface area contributed by atoms with E-state index in [4.69, 9.17) is 14.2 Å². The molecular formula is C12H16O3. The second kappa shape index (κ2) is 6.09. The van der Waals surface area contributed by atoms with Gasteiger partial charge in [-0.2, -0.15) is 0 Å². The molecular weight excluding hydrogens is 192 g/mol. The first-order valence-electron chi connectivity index (χ1n) is 4.71. The summed E-state index contributed by atoms with van der Waals surface area (Å²) in [6, 6.07) is 5.79. The summed E-state index contributed by atoms with van der Waals surface area (Å²) in [5.74, 6) is 1.40. The van der Waals surface area contributed by atoms with E-state index in [0.29, 0.717) is 11.5 Å². The molecule has 1 aromatic rings. The Morgan fingerprint density at radius 3 is 2.67 bits per heavy atom. The fourth-order valence-electron chi connectivity index (χ4n) is 1.25. The Hall–Kier alpha value is -1.48. The van der Waals surface area contributed by atoms with Crippen LogP contribution in [-0.2, 0) is 11.2 Å². The minimum atomic E-state index is 0.219. The third-order valence-electron chi connectivity index (χ3n) is 1.94. The minimum absolute atomic E-state index is 0.219. The van der Waals surface area contributed by atoms with Crippen molar-refractivity contribution in [3.63, 3.8) is 0 Å². The van der Waals surface area contributed by atoms with E-state index >= 15 is 0 Å². The van der Waals surface area contributed by atoms with Crippen LogP contribution in [0.1, 0.15) is 5.56 Å². The van der Waals surface area contributed by atoms with Gasteiger partial charge in [-0.05, 0) is 24.1 Å². The predicted octanol–water partition coefficient (Wildman–Crippen LogP) is 2.41. The van der Waals surface area contributed by atoms with Gasteiger partial charge in [0.2, 0.25) is 0 Å². The van der Waals surface area contributed by atoms with Gasteiger partial charge < -0.3 is 14.2 Å². The molecule has 0 heterocycles. The quantitative estimate of drug-likeness (QED) is 0.530. The number of allylic oxidation sites excluding steroid dienone is 1. The zero-order valence-corrected chi connectivity index (χ0v) is 9.16. The van der Waals surface area contributed by atoms with Crippen molar-refractivity contribution in [1.29, 1.82) is 0 Å². The van der Waals surface area contributed by atoms with Crippen molar-refractivity contribution in [3.05, 3.63) is 36.4 Å². The monoisotopic (exact) mass is 208 g/mol. The van der Waals surface area contributed by atoms with Crippen LogP contribution in [0.4, 0.5) is 0 Å². The van der Waals surface area contributed by atoms with Gasteiger partial charge in [0.05, 0.1) is 7.11 Å². The highest BCUT2D eigenvalue weighted by Gasteiger charge is 2.04. The van der Waals surface area contributed by atoms with E-state index in [2.05, 4.69) is 6.58 Å². The molecule has 3 heteroatoms. The van der Waals surface area contributed by atoms with Gasteiger partial charge in [0, 0.05) is 7.11 Å². The summed E-state index contributed by atoms with van der Waals surface area (Å²) in [4.78, 5) is 0. The van der Waals surface area contributed by atoms with Crippen LogP contribution in [0.15, 0.2) is 30.9 Å². The second-order valence-corrected chi connectivity index (χ2v) is 3.03. The number of methoxy groups -OCH3 is 2. The van der Waals surface area contributed by atoms with Crippen LogP contribution in [-0.4, -0.2) is 21.0 Å². The lowest BCUT2D eigenvalue weighted by Crippen LogP contribution is -2.01. The Kier molecular flexibility index (Phi) is 4.71. The van der Waals surface area contributed by atoms with Gasteiger partial charge in [-0.3, -0.25) is 0 Å². The van der Waals surface area contributed by atoms with Crippen LogP contribution >= 0.6 is 0 Å². The maximum Gasteiger partial charge on any atom is 0.188 e. The molecule has 0 unspecified atom stereocenters. The molecule has 0 saturated carbocycles. The fourth-order valence-corrected chi connectivity index (χ4v) is 1.25. The number of ether oxygens (including phenoxy) is 3. The highest BCUT2D eigenvalue weighted by atomic mass is 16.7. The third kappa shape index (κ3) is 3.29. The van der Waals surface area contributed by atoms with Crippen molar-refractivity contribution >= 4 is 0 Å². The number of rotatable bonds is 6. The van der Waals surface area contributed by atoms with Gasteiger partial charge in [0.1, 0.15) is 0 Å². The Morgan fingerprint density at radius 2 is 2.07 bits per heavy atom. The highest BCUT2D eigenvalue weighted by Crippen LogP contribution is 2.28. The molecule has 3 nitrogen and oxygen atoms in total. The lowest BCUT2D eigenvalue weighted by Gasteiger charge is -2.10. The van der Waals surface area contributed by atoms with Crippen molar-refractivity contribution in [2.24, 2.45) is 0 Å². The molecule has 82 valence electrons. The molecule has 15 heavy (non-hydrogen) atoms. The number of hydrogen-bond acceptors (Lipinski definition) is 3. The predicted molar refractivity (Wildman–Crippen MR) is 59.4 cm³/mol. The summed E-state index contributed by atoms with van der Waals surface area (Å²) in [6.07, 6.45) is 2.67. The molecule has 0 aliphatic heterocycles. The summed E-state index contributed by atoms with van der Waals surface area (Å²) in [5.41, 5.74) is 1.15. The molecule has 0 aliphatic carbocycles. The van der Waals surface area contributed by atoms with Gasteiger partial charge in [-0.15, -0.1) is 6.58 Å². The molecule has 0 N–H and O–H groups in total. The van der Waals surface area contributed by atoms with Gasteiger partial charge >= 0.3 is 0 Å². The van der Waals surface area contributed by atoms with Gasteiger partial charge in [0.15, 0.2) is 18.3 Å². The van der Waals surface area contributed by atoms with E-state index in [0.717, 1.165) is 12.0 Å². The molecule has 0 spiro atoms. The molecule has 1 rings (SSSR count). The van der Waals surface area contributed by atoms with Crippen LogP contribution in [0, 0.1) is 0 Å². The van der Waals surface area contributed by atoms with Crippen molar-refractivity contribution in [1.82, 2.24) is 0 Å². The smallest absolute Gasteiger partial charge is 0.188 e. The standard InChI is InChI=1S/C12H16O3/c1-4-5-10-6-7-11(15-9-13-2)12(8-10)14-3/h4,6-8H,1,5,9H2,2-3H3. The lowest BCUT2D eigenvalue weighted by molar-refractivity contribution is 0.0491. The van der Waals surface area contributed by atoms with Crippen LogP contribution in [0.25, 0.3) is 0 Å². The Labute approximate surface area is 90.3 Å². The average Bonchev–Trinajstić information content (AvgIpc) is 2.27. The SMILES string of the molecule is C=CCc1ccc(OCOC)c(OC)c1. The van der Waals surface area contributed by atoms with Crippen molar-refractivity contribution in [3.8, 4) is 11.5 Å². The first-order chi connectivity index (χ1) is 7.31. The highest BCUT2D eigenvalue weighted by molar-refractivity contribution is 5.43. The van der Waals surface area contributed by atoms with Gasteiger partial charge in [-0.1, -0.05) is 12.1 Å². The summed E-state index contributed by atoms with van der Waals surface area (Å²) >= 11 is 0. The topological polar surface area (TPSA) is 27.7 Å². The fraction of sp³-hybridized carbons (Fsp3) is 0.333. The Bertz CT molecular complexity index is 321. The van der Waals surface area contributed by atoms with E-state index in [9.17, 15) is 0 Å². The third-order valence-corrected chi connectivity index (χ3v) is 1.94. The molecule has 0 amide bonds. The maximum absolute atomic E-state index is 5.34. The Morgan fingerprint density at radius 1 is 1.27 bits per heavy atom. The zero-order chi connectivity index (χ0) is 11.1. The summed E-state index contributed by atoms with van der Waals surface area (Å²) in [7, 11) is 3.20. The summed E-state index contributed by atoms with van der Waals surface area (Å²) in [5, 5.41) is 0. The largest absolute Gasteiger partial charge is 0.493 e. The summed E-state index contributed by atoms with van der Waals surface area (Å²) < 4.78 is 15.4. The molecule has 1 aromatic carbocycles. The van der Waals surface area contributed by atoms with Crippen LogP contribution in [0.3, 0.4) is 0 Å². The average molecular weight is 208 g/mol. The first-order valence-corrected chi connectivity index (χ1v) is 4.71. The maximum atomic E-state index is 5.34. The van der Waals surface area contributed by atoms with Crippen molar-refractivity contribution < 1.29 is 14.2 Å². The minimum Gasteiger partial charge on any atom is -0.493 e. The molecule has 0 aromatic heterocycles. The normalized spacial score (nSPS) is 9.73. The van der Waals surface area contributed by atoms with E-state index < -0.39 is 0 Å². The van der Waals surface area contributed by atoms with Crippen LogP contribution in [0.5, 0.6) is 11.5 Å². The molecule has 0 fully saturated rings. The van der Waals surface area contributed by atoms with E-state index in [1.54, 1.807) is 14.2 Å².